The zero-order valence-electron chi connectivity index (χ0n) is 33.8. The lowest BCUT2D eigenvalue weighted by atomic mass is 9.85. The fraction of sp³-hybridized carbons (Fsp3) is 0.318. The minimum Gasteiger partial charge on any atom is -0.493 e. The maximum Gasteiger partial charge on any atom is 0.422 e. The van der Waals surface area contributed by atoms with E-state index in [-0.39, 0.29) is 34.0 Å². The fourth-order valence-electron chi connectivity index (χ4n) is 5.60. The molecule has 0 radical (unpaired) electrons. The molecule has 0 saturated heterocycles. The predicted molar refractivity (Wildman–Crippen MR) is 214 cm³/mol. The summed E-state index contributed by atoms with van der Waals surface area (Å²) in [5, 5.41) is 26.0. The van der Waals surface area contributed by atoms with Crippen molar-refractivity contribution in [2.75, 3.05) is 13.2 Å². The van der Waals surface area contributed by atoms with Crippen LogP contribution in [-0.4, -0.2) is 61.8 Å². The lowest BCUT2D eigenvalue weighted by Crippen LogP contribution is -2.21. The van der Waals surface area contributed by atoms with Gasteiger partial charge in [0.15, 0.2) is 6.61 Å². The number of rotatable bonds is 11. The van der Waals surface area contributed by atoms with Gasteiger partial charge in [-0.2, -0.15) is 23.1 Å². The van der Waals surface area contributed by atoms with Gasteiger partial charge in [0.05, 0.1) is 17.7 Å². The maximum atomic E-state index is 12.6. The fourth-order valence-corrected chi connectivity index (χ4v) is 5.60. The van der Waals surface area contributed by atoms with E-state index in [2.05, 4.69) is 54.9 Å². The zero-order valence-corrected chi connectivity index (χ0v) is 33.8. The first-order valence-corrected chi connectivity index (χ1v) is 18.6. The monoisotopic (exact) mass is 814 g/mol. The molecule has 6 aromatic rings. The average molecular weight is 815 g/mol. The Labute approximate surface area is 339 Å². The molecule has 0 aliphatic rings. The van der Waals surface area contributed by atoms with Crippen molar-refractivity contribution in [3.05, 3.63) is 107 Å². The lowest BCUT2D eigenvalue weighted by molar-refractivity contribution is -0.153. The van der Waals surface area contributed by atoms with Gasteiger partial charge >= 0.3 is 18.1 Å². The minimum absolute atomic E-state index is 0.110. The molecule has 12 nitrogen and oxygen atoms in total. The molecule has 6 rings (SSSR count). The third kappa shape index (κ3) is 11.6. The summed E-state index contributed by atoms with van der Waals surface area (Å²) in [4.78, 5) is 30.8. The molecular weight excluding hydrogens is 769 g/mol. The molecule has 2 heterocycles. The number of halogens is 3. The molecule has 0 fully saturated rings. The van der Waals surface area contributed by atoms with Gasteiger partial charge in [-0.25, -0.2) is 9.59 Å². The minimum atomic E-state index is -4.44. The number of carbonyl (C=O) groups is 2. The summed E-state index contributed by atoms with van der Waals surface area (Å²) in [6, 6.07) is 22.9. The molecule has 0 bridgehead atoms. The lowest BCUT2D eigenvalue weighted by Gasteiger charge is -2.24. The van der Waals surface area contributed by atoms with E-state index in [4.69, 9.17) is 28.7 Å². The van der Waals surface area contributed by atoms with Crippen molar-refractivity contribution in [3.63, 3.8) is 0 Å². The first kappa shape index (κ1) is 43.6. The summed E-state index contributed by atoms with van der Waals surface area (Å²) in [7, 11) is 0. The van der Waals surface area contributed by atoms with E-state index in [0.717, 1.165) is 16.9 Å². The molecule has 59 heavy (non-hydrogen) atoms. The Balaban J connectivity index is 0.000000224. The second-order valence-electron chi connectivity index (χ2n) is 16.1. The Kier molecular flexibility index (Phi) is 13.0. The molecule has 15 heteroatoms. The molecule has 0 aliphatic carbocycles. The van der Waals surface area contributed by atoms with Crippen molar-refractivity contribution in [2.45, 2.75) is 72.4 Å². The third-order valence-electron chi connectivity index (χ3n) is 8.66. The Bertz CT molecular complexity index is 2390. The number of aromatic nitrogens is 4. The molecular formula is C44H45F3N4O8. The van der Waals surface area contributed by atoms with Gasteiger partial charge in [-0.1, -0.05) is 65.7 Å². The van der Waals surface area contributed by atoms with E-state index in [1.165, 1.54) is 30.3 Å². The molecule has 0 amide bonds. The van der Waals surface area contributed by atoms with Crippen molar-refractivity contribution in [2.24, 2.45) is 5.92 Å². The molecule has 0 aliphatic heterocycles. The van der Waals surface area contributed by atoms with Crippen molar-refractivity contribution >= 4 is 11.9 Å². The Morgan fingerprint density at radius 3 is 1.32 bits per heavy atom. The SMILES string of the molecule is CC(C)(C)c1cc(-c2noc(-c3ccc(C(=O)O)cc3)n2)ccc1OCC(F)(F)F.CC(C)COc1ccc(-c2noc(-c3ccc(C(=O)O)cc3)n2)cc1C(C)(C)C. The second-order valence-corrected chi connectivity index (χ2v) is 16.1. The van der Waals surface area contributed by atoms with Gasteiger partial charge < -0.3 is 28.7 Å². The van der Waals surface area contributed by atoms with Crippen LogP contribution in [0.15, 0.2) is 94.0 Å². The number of carboxylic acids is 2. The highest BCUT2D eigenvalue weighted by molar-refractivity contribution is 5.88. The molecule has 0 saturated carbocycles. The van der Waals surface area contributed by atoms with Crippen molar-refractivity contribution in [1.29, 1.82) is 0 Å². The molecule has 2 N–H and O–H groups in total. The van der Waals surface area contributed by atoms with Crippen LogP contribution in [0.5, 0.6) is 11.5 Å². The number of hydrogen-bond donors (Lipinski definition) is 2. The summed E-state index contributed by atoms with van der Waals surface area (Å²) in [6.45, 7) is 15.5. The number of nitrogens with zero attached hydrogens (tertiary/aromatic N) is 4. The quantitative estimate of drug-likeness (QED) is 0.127. The van der Waals surface area contributed by atoms with Gasteiger partial charge in [-0.15, -0.1) is 0 Å². The Morgan fingerprint density at radius 2 is 0.983 bits per heavy atom. The Hall–Kier alpha value is -6.51. The first-order chi connectivity index (χ1) is 27.6. The van der Waals surface area contributed by atoms with Gasteiger partial charge in [-0.05, 0) is 102 Å². The maximum absolute atomic E-state index is 12.6. The van der Waals surface area contributed by atoms with Crippen LogP contribution < -0.4 is 9.47 Å². The van der Waals surface area contributed by atoms with E-state index >= 15 is 0 Å². The summed E-state index contributed by atoms with van der Waals surface area (Å²) in [6.07, 6.45) is -4.44. The van der Waals surface area contributed by atoms with E-state index in [1.807, 2.05) is 39.0 Å². The van der Waals surface area contributed by atoms with Gasteiger partial charge in [0.1, 0.15) is 11.5 Å². The van der Waals surface area contributed by atoms with Gasteiger partial charge in [0.25, 0.3) is 11.8 Å². The number of alkyl halides is 3. The normalized spacial score (nSPS) is 11.9. The van der Waals surface area contributed by atoms with Crippen LogP contribution in [0.3, 0.4) is 0 Å². The van der Waals surface area contributed by atoms with Crippen molar-refractivity contribution < 1.29 is 51.5 Å². The third-order valence-corrected chi connectivity index (χ3v) is 8.66. The van der Waals surface area contributed by atoms with Gasteiger partial charge in [0.2, 0.25) is 11.6 Å². The van der Waals surface area contributed by atoms with Crippen LogP contribution in [0.25, 0.3) is 45.7 Å². The molecule has 2 aromatic heterocycles. The summed E-state index contributed by atoms with van der Waals surface area (Å²) < 4.78 is 59.3. The number of aromatic carboxylic acids is 2. The highest BCUT2D eigenvalue weighted by atomic mass is 19.4. The van der Waals surface area contributed by atoms with E-state index in [0.29, 0.717) is 46.5 Å². The first-order valence-electron chi connectivity index (χ1n) is 18.6. The highest BCUT2D eigenvalue weighted by Crippen LogP contribution is 2.37. The largest absolute Gasteiger partial charge is 0.493 e. The molecule has 0 atom stereocenters. The summed E-state index contributed by atoms with van der Waals surface area (Å²) in [5.41, 5.74) is 3.98. The molecule has 4 aromatic carbocycles. The van der Waals surface area contributed by atoms with Crippen molar-refractivity contribution in [3.8, 4) is 57.2 Å². The second kappa shape index (κ2) is 17.5. The number of ether oxygens (including phenoxy) is 2. The smallest absolute Gasteiger partial charge is 0.422 e. The summed E-state index contributed by atoms with van der Waals surface area (Å²) >= 11 is 0. The highest BCUT2D eigenvalue weighted by Gasteiger charge is 2.30. The standard InChI is InChI=1S/C23H26N2O4.C21H19F3N2O4/c1-14(2)13-28-19-11-10-17(12-18(19)23(3,4)5)20-24-21(29-25-20)15-6-8-16(9-7-15)22(26)27;1-20(2,3)15-10-14(8-9-16(15)29-11-21(22,23)24)17-25-18(30-26-17)12-4-6-13(7-5-12)19(27)28/h6-12,14H,13H2,1-5H3,(H,26,27);4-10H,11H2,1-3H3,(H,27,28). The molecule has 0 unspecified atom stereocenters. The van der Waals surface area contributed by atoms with E-state index < -0.39 is 30.1 Å². The number of hydrogen-bond acceptors (Lipinski definition) is 10. The van der Waals surface area contributed by atoms with Crippen LogP contribution in [0.2, 0.25) is 0 Å². The van der Waals surface area contributed by atoms with Gasteiger partial charge in [0, 0.05) is 33.4 Å². The average Bonchev–Trinajstić information content (AvgIpc) is 3.87. The number of carboxylic acid groups (broad SMARTS) is 2. The van der Waals surface area contributed by atoms with Crippen LogP contribution in [-0.2, 0) is 10.8 Å². The van der Waals surface area contributed by atoms with Crippen molar-refractivity contribution in [1.82, 2.24) is 20.3 Å². The number of benzene rings is 4. The van der Waals surface area contributed by atoms with E-state index in [9.17, 15) is 22.8 Å². The van der Waals surface area contributed by atoms with Crippen LogP contribution >= 0.6 is 0 Å². The Morgan fingerprint density at radius 1 is 0.610 bits per heavy atom. The van der Waals surface area contributed by atoms with Crippen LogP contribution in [0.1, 0.15) is 87.2 Å². The van der Waals surface area contributed by atoms with Crippen LogP contribution in [0.4, 0.5) is 13.2 Å². The van der Waals surface area contributed by atoms with E-state index in [1.54, 1.807) is 36.4 Å². The van der Waals surface area contributed by atoms with Crippen LogP contribution in [0, 0.1) is 5.92 Å². The molecule has 0 spiro atoms. The molecule has 310 valence electrons. The summed E-state index contributed by atoms with van der Waals surface area (Å²) in [5.74, 6) is 0.677. The van der Waals surface area contributed by atoms with Gasteiger partial charge in [-0.3, -0.25) is 0 Å². The topological polar surface area (TPSA) is 171 Å². The predicted octanol–water partition coefficient (Wildman–Crippen LogP) is 10.8. The zero-order chi connectivity index (χ0) is 43.3.